The van der Waals surface area contributed by atoms with Crippen LogP contribution in [0.15, 0.2) is 54.6 Å². The van der Waals surface area contributed by atoms with Crippen molar-refractivity contribution in [3.8, 4) is 11.3 Å². The van der Waals surface area contributed by atoms with Crippen molar-refractivity contribution in [1.82, 2.24) is 20.1 Å². The highest BCUT2D eigenvalue weighted by Gasteiger charge is 2.28. The van der Waals surface area contributed by atoms with E-state index in [0.29, 0.717) is 23.5 Å². The number of likely N-dealkylation sites (tertiary alicyclic amines) is 1. The van der Waals surface area contributed by atoms with Crippen LogP contribution in [0.25, 0.3) is 22.2 Å². The Balaban J connectivity index is 1.47. The van der Waals surface area contributed by atoms with E-state index in [-0.39, 0.29) is 0 Å². The highest BCUT2D eigenvalue weighted by atomic mass is 16.4. The Morgan fingerprint density at radius 2 is 1.66 bits per heavy atom. The molecule has 0 radical (unpaired) electrons. The summed E-state index contributed by atoms with van der Waals surface area (Å²) in [5, 5.41) is 14.4. The molecule has 2 aliphatic rings. The number of benzene rings is 2. The Hall–Kier alpha value is -2.80. The molecule has 2 aromatic carbocycles. The molecule has 2 saturated heterocycles. The molecule has 32 heavy (non-hydrogen) atoms. The number of pyridine rings is 1. The summed E-state index contributed by atoms with van der Waals surface area (Å²) in [6.45, 7) is 6.97. The largest absolute Gasteiger partial charge is 0.478 e. The van der Waals surface area contributed by atoms with Crippen molar-refractivity contribution < 1.29 is 9.90 Å². The number of carboxylic acids is 1. The average molecular weight is 431 g/mol. The average Bonchev–Trinajstić information content (AvgIpc) is 2.85. The van der Waals surface area contributed by atoms with Crippen LogP contribution in [-0.4, -0.2) is 71.2 Å². The first-order valence-electron chi connectivity index (χ1n) is 11.6. The molecule has 0 aliphatic carbocycles. The molecule has 1 aromatic heterocycles. The smallest absolute Gasteiger partial charge is 0.336 e. The van der Waals surface area contributed by atoms with Crippen LogP contribution in [0.2, 0.25) is 0 Å². The lowest BCUT2D eigenvalue weighted by molar-refractivity contribution is 0.0693. The summed E-state index contributed by atoms with van der Waals surface area (Å²) in [5.41, 5.74) is 3.68. The summed E-state index contributed by atoms with van der Waals surface area (Å²) in [6, 6.07) is 18.2. The van der Waals surface area contributed by atoms with Gasteiger partial charge in [-0.1, -0.05) is 48.5 Å². The van der Waals surface area contributed by atoms with E-state index in [2.05, 4.69) is 15.1 Å². The molecule has 5 rings (SSSR count). The predicted molar refractivity (Wildman–Crippen MR) is 127 cm³/mol. The SMILES string of the molecule is O=C(O)c1c(CN2CCC(N3CCNCC3)CC2)c(-c2ccccc2)nc2ccccc12. The number of carbonyl (C=O) groups is 1. The van der Waals surface area contributed by atoms with E-state index in [9.17, 15) is 9.90 Å². The first kappa shape index (κ1) is 21.1. The second kappa shape index (κ2) is 9.36. The van der Waals surface area contributed by atoms with Gasteiger partial charge in [0.05, 0.1) is 16.8 Å². The summed E-state index contributed by atoms with van der Waals surface area (Å²) in [7, 11) is 0. The number of nitrogens with zero attached hydrogens (tertiary/aromatic N) is 3. The van der Waals surface area contributed by atoms with Gasteiger partial charge < -0.3 is 10.4 Å². The number of piperidine rings is 1. The number of nitrogens with one attached hydrogen (secondary N) is 1. The van der Waals surface area contributed by atoms with E-state index < -0.39 is 5.97 Å². The molecule has 6 heteroatoms. The van der Waals surface area contributed by atoms with E-state index in [1.807, 2.05) is 54.6 Å². The van der Waals surface area contributed by atoms with Crippen LogP contribution in [0, 0.1) is 0 Å². The third kappa shape index (κ3) is 4.26. The van der Waals surface area contributed by atoms with Crippen molar-refractivity contribution in [2.24, 2.45) is 0 Å². The third-order valence-electron chi connectivity index (χ3n) is 6.86. The fourth-order valence-electron chi connectivity index (χ4n) is 5.20. The number of fused-ring (bicyclic) bond motifs is 1. The monoisotopic (exact) mass is 430 g/mol. The number of aromatic carboxylic acids is 1. The summed E-state index contributed by atoms with van der Waals surface area (Å²) in [4.78, 5) is 22.4. The second-order valence-corrected chi connectivity index (χ2v) is 8.80. The van der Waals surface area contributed by atoms with Crippen LogP contribution in [0.3, 0.4) is 0 Å². The van der Waals surface area contributed by atoms with Crippen molar-refractivity contribution in [2.45, 2.75) is 25.4 Å². The van der Waals surface area contributed by atoms with Gasteiger partial charge in [0.1, 0.15) is 0 Å². The number of para-hydroxylation sites is 1. The Labute approximate surface area is 188 Å². The first-order valence-corrected chi connectivity index (χ1v) is 11.6. The van der Waals surface area contributed by atoms with Crippen LogP contribution >= 0.6 is 0 Å². The summed E-state index contributed by atoms with van der Waals surface area (Å²) in [5.74, 6) is -0.883. The quantitative estimate of drug-likeness (QED) is 0.646. The van der Waals surface area contributed by atoms with Gasteiger partial charge >= 0.3 is 5.97 Å². The molecule has 166 valence electrons. The third-order valence-corrected chi connectivity index (χ3v) is 6.86. The number of piperazine rings is 1. The maximum atomic E-state index is 12.5. The van der Waals surface area contributed by atoms with Crippen LogP contribution in [0.1, 0.15) is 28.8 Å². The fraction of sp³-hybridized carbons (Fsp3) is 0.385. The molecule has 0 unspecified atom stereocenters. The van der Waals surface area contributed by atoms with Crippen LogP contribution < -0.4 is 5.32 Å². The van der Waals surface area contributed by atoms with Crippen molar-refractivity contribution in [1.29, 1.82) is 0 Å². The molecule has 0 spiro atoms. The minimum atomic E-state index is -0.883. The van der Waals surface area contributed by atoms with Crippen molar-refractivity contribution in [2.75, 3.05) is 39.3 Å². The van der Waals surface area contributed by atoms with Crippen molar-refractivity contribution in [3.05, 3.63) is 65.7 Å². The molecule has 3 aromatic rings. The first-order chi connectivity index (χ1) is 15.7. The highest BCUT2D eigenvalue weighted by molar-refractivity contribution is 6.05. The van der Waals surface area contributed by atoms with Gasteiger partial charge in [0.15, 0.2) is 0 Å². The molecule has 0 amide bonds. The predicted octanol–water partition coefficient (Wildman–Crippen LogP) is 3.47. The van der Waals surface area contributed by atoms with Gasteiger partial charge in [-0.25, -0.2) is 9.78 Å². The second-order valence-electron chi connectivity index (χ2n) is 8.80. The highest BCUT2D eigenvalue weighted by Crippen LogP contribution is 2.32. The molecule has 0 saturated carbocycles. The summed E-state index contributed by atoms with van der Waals surface area (Å²) >= 11 is 0. The van der Waals surface area contributed by atoms with Crippen LogP contribution in [0.5, 0.6) is 0 Å². The molecule has 2 aliphatic heterocycles. The van der Waals surface area contributed by atoms with Crippen LogP contribution in [0.4, 0.5) is 0 Å². The maximum absolute atomic E-state index is 12.5. The van der Waals surface area contributed by atoms with Gasteiger partial charge in [-0.2, -0.15) is 0 Å². The normalized spacial score (nSPS) is 18.8. The minimum absolute atomic E-state index is 0.388. The van der Waals surface area contributed by atoms with E-state index in [4.69, 9.17) is 4.98 Å². The van der Waals surface area contributed by atoms with Crippen molar-refractivity contribution in [3.63, 3.8) is 0 Å². The zero-order valence-electron chi connectivity index (χ0n) is 18.3. The Morgan fingerprint density at radius 1 is 0.969 bits per heavy atom. The lowest BCUT2D eigenvalue weighted by atomic mass is 9.95. The van der Waals surface area contributed by atoms with Gasteiger partial charge in [0, 0.05) is 55.3 Å². The zero-order chi connectivity index (χ0) is 21.9. The fourth-order valence-corrected chi connectivity index (χ4v) is 5.20. The molecular formula is C26H30N4O2. The van der Waals surface area contributed by atoms with E-state index in [1.165, 1.54) is 0 Å². The summed E-state index contributed by atoms with van der Waals surface area (Å²) in [6.07, 6.45) is 2.26. The zero-order valence-corrected chi connectivity index (χ0v) is 18.3. The van der Waals surface area contributed by atoms with E-state index in [0.717, 1.165) is 74.4 Å². The molecular weight excluding hydrogens is 400 g/mol. The van der Waals surface area contributed by atoms with Gasteiger partial charge in [0.25, 0.3) is 0 Å². The topological polar surface area (TPSA) is 68.7 Å². The van der Waals surface area contributed by atoms with E-state index in [1.54, 1.807) is 0 Å². The number of hydrogen-bond donors (Lipinski definition) is 2. The maximum Gasteiger partial charge on any atom is 0.336 e. The Morgan fingerprint density at radius 3 is 2.38 bits per heavy atom. The minimum Gasteiger partial charge on any atom is -0.478 e. The molecule has 3 heterocycles. The van der Waals surface area contributed by atoms with Gasteiger partial charge in [0.2, 0.25) is 0 Å². The summed E-state index contributed by atoms with van der Waals surface area (Å²) < 4.78 is 0. The number of carboxylic acid groups (broad SMARTS) is 1. The number of aromatic nitrogens is 1. The Bertz CT molecular complexity index is 1090. The lowest BCUT2D eigenvalue weighted by Gasteiger charge is -2.40. The van der Waals surface area contributed by atoms with Crippen LogP contribution in [-0.2, 0) is 6.54 Å². The molecule has 2 fully saturated rings. The van der Waals surface area contributed by atoms with Gasteiger partial charge in [-0.05, 0) is 32.0 Å². The molecule has 2 N–H and O–H groups in total. The molecule has 6 nitrogen and oxygen atoms in total. The number of rotatable bonds is 5. The lowest BCUT2D eigenvalue weighted by Crippen LogP contribution is -2.51. The standard InChI is InChI=1S/C26H30N4O2/c31-26(32)24-21-8-4-5-9-23(21)28-25(19-6-2-1-3-7-19)22(24)18-29-14-10-20(11-15-29)30-16-12-27-13-17-30/h1-9,20,27H,10-18H2,(H,31,32). The Kier molecular flexibility index (Phi) is 6.17. The van der Waals surface area contributed by atoms with Gasteiger partial charge in [-0.15, -0.1) is 0 Å². The molecule has 0 bridgehead atoms. The van der Waals surface area contributed by atoms with Gasteiger partial charge in [-0.3, -0.25) is 9.80 Å². The molecule has 0 atom stereocenters. The van der Waals surface area contributed by atoms with Crippen molar-refractivity contribution >= 4 is 16.9 Å². The van der Waals surface area contributed by atoms with E-state index >= 15 is 0 Å². The number of hydrogen-bond acceptors (Lipinski definition) is 5.